The molecule has 0 N–H and O–H groups in total. The van der Waals surface area contributed by atoms with Gasteiger partial charge in [-0.05, 0) is 36.4 Å². The van der Waals surface area contributed by atoms with Gasteiger partial charge in [0.2, 0.25) is 0 Å². The van der Waals surface area contributed by atoms with Crippen LogP contribution in [-0.4, -0.2) is 26.7 Å². The Kier molecular flexibility index (Phi) is 7.18. The summed E-state index contributed by atoms with van der Waals surface area (Å²) < 4.78 is 10.8. The lowest BCUT2D eigenvalue weighted by Gasteiger charge is -2.30. The number of hydrogen-bond donors (Lipinski definition) is 0. The molecule has 0 heterocycles. The molecule has 0 amide bonds. The van der Waals surface area contributed by atoms with E-state index in [1.165, 1.54) is 15.9 Å². The molecule has 0 unspecified atom stereocenters. The maximum Gasteiger partial charge on any atom is 0.146 e. The first-order valence-electron chi connectivity index (χ1n) is 9.39. The quantitative estimate of drug-likeness (QED) is 0.315. The predicted octanol–water partition coefficient (Wildman–Crippen LogP) is 4.24. The third kappa shape index (κ3) is 4.65. The maximum absolute atomic E-state index is 5.69. The van der Waals surface area contributed by atoms with Crippen LogP contribution in [0.4, 0.5) is 0 Å². The fourth-order valence-corrected chi connectivity index (χ4v) is 8.27. The smallest absolute Gasteiger partial charge is 0.146 e. The average Bonchev–Trinajstić information content (AvgIpc) is 2.74. The van der Waals surface area contributed by atoms with Crippen molar-refractivity contribution in [3.05, 3.63) is 91.0 Å². The average molecular weight is 379 g/mol. The van der Waals surface area contributed by atoms with E-state index in [0.29, 0.717) is 19.3 Å². The second-order valence-electron chi connectivity index (χ2n) is 6.88. The van der Waals surface area contributed by atoms with Gasteiger partial charge in [0.15, 0.2) is 0 Å². The minimum atomic E-state index is -1.78. The molecule has 0 aliphatic rings. The summed E-state index contributed by atoms with van der Waals surface area (Å²) in [5, 5.41) is 4.25. The number of ether oxygens (including phenoxy) is 2. The Morgan fingerprint density at radius 2 is 1.11 bits per heavy atom. The Hall–Kier alpha value is -1.99. The molecule has 0 fully saturated rings. The van der Waals surface area contributed by atoms with Gasteiger partial charge in [-0.3, -0.25) is 0 Å². The lowest BCUT2D eigenvalue weighted by Crippen LogP contribution is -2.36. The monoisotopic (exact) mass is 379 g/mol. The van der Waals surface area contributed by atoms with Gasteiger partial charge in [-0.2, -0.15) is 0 Å². The standard InChI is InChI=1S/C24H28O2P/c1-21(18-26-20-25-2)19-27(22-12-6-3-7-13-22,23-14-8-4-9-15-23)24-16-10-5-11-17-24/h3-17,21H,18-20H2,1-2H3/q+1/t21-/m0/s1. The van der Waals surface area contributed by atoms with Crippen LogP contribution in [0.3, 0.4) is 0 Å². The molecule has 3 rings (SSSR count). The largest absolute Gasteiger partial charge is 0.359 e. The topological polar surface area (TPSA) is 18.5 Å². The first-order valence-corrected chi connectivity index (χ1v) is 11.4. The molecular weight excluding hydrogens is 351 g/mol. The lowest BCUT2D eigenvalue weighted by molar-refractivity contribution is -0.0393. The van der Waals surface area contributed by atoms with Gasteiger partial charge in [0.25, 0.3) is 0 Å². The molecule has 0 aliphatic heterocycles. The predicted molar refractivity (Wildman–Crippen MR) is 117 cm³/mol. The Morgan fingerprint density at radius 3 is 1.48 bits per heavy atom. The van der Waals surface area contributed by atoms with Crippen LogP contribution in [0, 0.1) is 5.92 Å². The first-order chi connectivity index (χ1) is 13.3. The van der Waals surface area contributed by atoms with Gasteiger partial charge in [0.1, 0.15) is 30.0 Å². The zero-order chi connectivity index (χ0) is 19.0. The van der Waals surface area contributed by atoms with E-state index in [-0.39, 0.29) is 0 Å². The van der Waals surface area contributed by atoms with Crippen molar-refractivity contribution in [2.75, 3.05) is 26.7 Å². The molecule has 0 bridgehead atoms. The highest BCUT2D eigenvalue weighted by molar-refractivity contribution is 7.95. The normalized spacial score (nSPS) is 12.7. The van der Waals surface area contributed by atoms with E-state index < -0.39 is 7.26 Å². The molecule has 0 aromatic heterocycles. The van der Waals surface area contributed by atoms with Gasteiger partial charge in [-0.1, -0.05) is 61.5 Å². The van der Waals surface area contributed by atoms with E-state index in [4.69, 9.17) is 9.47 Å². The molecule has 0 saturated heterocycles. The molecule has 0 saturated carbocycles. The first kappa shape index (κ1) is 19.8. The van der Waals surface area contributed by atoms with Gasteiger partial charge in [0, 0.05) is 13.0 Å². The highest BCUT2D eigenvalue weighted by Gasteiger charge is 2.46. The zero-order valence-electron chi connectivity index (χ0n) is 16.1. The lowest BCUT2D eigenvalue weighted by atomic mass is 10.2. The zero-order valence-corrected chi connectivity index (χ0v) is 17.0. The van der Waals surface area contributed by atoms with Gasteiger partial charge in [-0.25, -0.2) is 0 Å². The van der Waals surface area contributed by atoms with Crippen molar-refractivity contribution >= 4 is 23.2 Å². The van der Waals surface area contributed by atoms with E-state index in [1.54, 1.807) is 7.11 Å². The molecular formula is C24H28O2P+. The van der Waals surface area contributed by atoms with Crippen molar-refractivity contribution in [3.8, 4) is 0 Å². The van der Waals surface area contributed by atoms with Crippen LogP contribution in [0.2, 0.25) is 0 Å². The molecule has 140 valence electrons. The fraction of sp³-hybridized carbons (Fsp3) is 0.250. The SMILES string of the molecule is COCOC[C@H](C)C[P+](c1ccccc1)(c1ccccc1)c1ccccc1. The van der Waals surface area contributed by atoms with Gasteiger partial charge < -0.3 is 9.47 Å². The number of rotatable bonds is 9. The van der Waals surface area contributed by atoms with Crippen LogP contribution in [0.15, 0.2) is 91.0 Å². The maximum atomic E-state index is 5.69. The summed E-state index contributed by atoms with van der Waals surface area (Å²) in [5.41, 5.74) is 0. The minimum absolute atomic E-state index is 0.345. The van der Waals surface area contributed by atoms with Crippen molar-refractivity contribution in [1.82, 2.24) is 0 Å². The van der Waals surface area contributed by atoms with E-state index >= 15 is 0 Å². The highest BCUT2D eigenvalue weighted by atomic mass is 31.2. The number of hydrogen-bond acceptors (Lipinski definition) is 2. The molecule has 0 aliphatic carbocycles. The van der Waals surface area contributed by atoms with E-state index in [2.05, 4.69) is 97.9 Å². The molecule has 3 heteroatoms. The molecule has 2 nitrogen and oxygen atoms in total. The van der Waals surface area contributed by atoms with Gasteiger partial charge in [0.05, 0.1) is 12.8 Å². The van der Waals surface area contributed by atoms with Crippen molar-refractivity contribution < 1.29 is 9.47 Å². The molecule has 0 radical (unpaired) electrons. The Labute approximate surface area is 163 Å². The molecule has 27 heavy (non-hydrogen) atoms. The Morgan fingerprint density at radius 1 is 0.704 bits per heavy atom. The van der Waals surface area contributed by atoms with Crippen LogP contribution in [0.5, 0.6) is 0 Å². The second kappa shape index (κ2) is 9.80. The third-order valence-electron chi connectivity index (χ3n) is 4.78. The van der Waals surface area contributed by atoms with Gasteiger partial charge >= 0.3 is 0 Å². The molecule has 3 aromatic carbocycles. The van der Waals surface area contributed by atoms with Crippen LogP contribution in [-0.2, 0) is 9.47 Å². The number of methoxy groups -OCH3 is 1. The molecule has 0 spiro atoms. The fourth-order valence-electron chi connectivity index (χ4n) is 3.66. The third-order valence-corrected chi connectivity index (χ3v) is 9.49. The van der Waals surface area contributed by atoms with Gasteiger partial charge in [-0.15, -0.1) is 0 Å². The summed E-state index contributed by atoms with van der Waals surface area (Å²) in [7, 11) is -0.112. The van der Waals surface area contributed by atoms with Crippen LogP contribution < -0.4 is 15.9 Å². The van der Waals surface area contributed by atoms with E-state index in [1.807, 2.05) is 0 Å². The van der Waals surface area contributed by atoms with Crippen molar-refractivity contribution in [2.45, 2.75) is 6.92 Å². The summed E-state index contributed by atoms with van der Waals surface area (Å²) in [6, 6.07) is 32.9. The summed E-state index contributed by atoms with van der Waals surface area (Å²) >= 11 is 0. The van der Waals surface area contributed by atoms with E-state index in [0.717, 1.165) is 6.16 Å². The highest BCUT2D eigenvalue weighted by Crippen LogP contribution is 2.56. The number of benzene rings is 3. The molecule has 1 atom stereocenters. The summed E-state index contributed by atoms with van der Waals surface area (Å²) in [4.78, 5) is 0. The summed E-state index contributed by atoms with van der Waals surface area (Å²) in [5.74, 6) is 0.411. The van der Waals surface area contributed by atoms with Crippen LogP contribution >= 0.6 is 7.26 Å². The van der Waals surface area contributed by atoms with Crippen molar-refractivity contribution in [3.63, 3.8) is 0 Å². The Bertz CT molecular complexity index is 694. The van der Waals surface area contributed by atoms with Crippen LogP contribution in [0.25, 0.3) is 0 Å². The molecule has 3 aromatic rings. The van der Waals surface area contributed by atoms with Crippen molar-refractivity contribution in [2.24, 2.45) is 5.92 Å². The van der Waals surface area contributed by atoms with Crippen LogP contribution in [0.1, 0.15) is 6.92 Å². The minimum Gasteiger partial charge on any atom is -0.359 e. The Balaban J connectivity index is 2.11. The van der Waals surface area contributed by atoms with Crippen molar-refractivity contribution in [1.29, 1.82) is 0 Å². The summed E-state index contributed by atoms with van der Waals surface area (Å²) in [6.07, 6.45) is 1.06. The second-order valence-corrected chi connectivity index (χ2v) is 10.4. The van der Waals surface area contributed by atoms with E-state index in [9.17, 15) is 0 Å². The summed E-state index contributed by atoms with van der Waals surface area (Å²) in [6.45, 7) is 3.32.